The minimum absolute atomic E-state index is 0.607. The fourth-order valence-corrected chi connectivity index (χ4v) is 4.03. The topological polar surface area (TPSA) is 67.3 Å². The number of hydrogen-bond donors (Lipinski definition) is 1. The zero-order chi connectivity index (χ0) is 21.0. The summed E-state index contributed by atoms with van der Waals surface area (Å²) in [4.78, 5) is 4.77. The van der Waals surface area contributed by atoms with Crippen LogP contribution in [0.15, 0.2) is 78.9 Å². The van der Waals surface area contributed by atoms with Crippen LogP contribution in [0.3, 0.4) is 0 Å². The van der Waals surface area contributed by atoms with Gasteiger partial charge in [0.05, 0.1) is 5.52 Å². The van der Waals surface area contributed by atoms with Gasteiger partial charge in [-0.1, -0.05) is 73.7 Å². The number of nitrogens with zero attached hydrogens (tertiary/aromatic N) is 4. The number of benzene rings is 3. The maximum absolute atomic E-state index is 4.77. The molecule has 0 saturated carbocycles. The smallest absolute Gasteiger partial charge is 0.205 e. The quantitative estimate of drug-likeness (QED) is 0.409. The molecule has 0 saturated heterocycles. The maximum atomic E-state index is 4.77. The van der Waals surface area contributed by atoms with Gasteiger partial charge in [-0.2, -0.15) is 5.21 Å². The number of tetrazole rings is 1. The lowest BCUT2D eigenvalue weighted by molar-refractivity contribution is 0.881. The molecule has 2 aromatic heterocycles. The molecule has 31 heavy (non-hydrogen) atoms. The van der Waals surface area contributed by atoms with E-state index in [1.807, 2.05) is 18.2 Å². The molecule has 0 aliphatic rings. The van der Waals surface area contributed by atoms with Crippen LogP contribution in [0.1, 0.15) is 23.7 Å². The van der Waals surface area contributed by atoms with Crippen LogP contribution in [0, 0.1) is 0 Å². The molecule has 5 rings (SSSR count). The van der Waals surface area contributed by atoms with Crippen molar-refractivity contribution in [2.45, 2.75) is 26.2 Å². The van der Waals surface area contributed by atoms with Gasteiger partial charge < -0.3 is 0 Å². The summed E-state index contributed by atoms with van der Waals surface area (Å²) in [6.45, 7) is 2.16. The molecular weight excluding hydrogens is 382 g/mol. The summed E-state index contributed by atoms with van der Waals surface area (Å²) in [5, 5.41) is 15.8. The molecule has 0 fully saturated rings. The van der Waals surface area contributed by atoms with Crippen LogP contribution in [0.5, 0.6) is 0 Å². The minimum atomic E-state index is 0.607. The number of hydrogen-bond acceptors (Lipinski definition) is 4. The van der Waals surface area contributed by atoms with Crippen LogP contribution in [0.2, 0.25) is 0 Å². The lowest BCUT2D eigenvalue weighted by Crippen LogP contribution is -1.97. The summed E-state index contributed by atoms with van der Waals surface area (Å²) in [6.07, 6.45) is 2.94. The van der Waals surface area contributed by atoms with E-state index in [0.29, 0.717) is 5.82 Å². The van der Waals surface area contributed by atoms with Gasteiger partial charge in [0, 0.05) is 16.6 Å². The summed E-state index contributed by atoms with van der Waals surface area (Å²) >= 11 is 0. The summed E-state index contributed by atoms with van der Waals surface area (Å²) in [5.74, 6) is 0.607. The molecule has 0 unspecified atom stereocenters. The number of rotatable bonds is 6. The monoisotopic (exact) mass is 405 g/mol. The first kappa shape index (κ1) is 19.1. The Kier molecular flexibility index (Phi) is 5.23. The SMILES string of the molecule is CCc1cc(CCc2ccc(-c3ccccc3-c3nn[nH]n3)cc2)c2ccccc2n1. The highest BCUT2D eigenvalue weighted by Crippen LogP contribution is 2.30. The Labute approximate surface area is 181 Å². The van der Waals surface area contributed by atoms with Gasteiger partial charge in [-0.05, 0) is 58.9 Å². The van der Waals surface area contributed by atoms with Crippen molar-refractivity contribution in [3.05, 3.63) is 95.7 Å². The highest BCUT2D eigenvalue weighted by atomic mass is 15.5. The second-order valence-electron chi connectivity index (χ2n) is 7.62. The highest BCUT2D eigenvalue weighted by molar-refractivity contribution is 5.82. The van der Waals surface area contributed by atoms with Crippen molar-refractivity contribution in [2.24, 2.45) is 0 Å². The van der Waals surface area contributed by atoms with Crippen LogP contribution in [-0.2, 0) is 19.3 Å². The van der Waals surface area contributed by atoms with Crippen LogP contribution in [-0.4, -0.2) is 25.6 Å². The number of pyridine rings is 1. The summed E-state index contributed by atoms with van der Waals surface area (Å²) in [7, 11) is 0. The zero-order valence-electron chi connectivity index (χ0n) is 17.4. The Morgan fingerprint density at radius 1 is 0.806 bits per heavy atom. The van der Waals surface area contributed by atoms with E-state index in [2.05, 4.69) is 88.2 Å². The first-order valence-electron chi connectivity index (χ1n) is 10.6. The molecule has 0 aliphatic heterocycles. The second-order valence-corrected chi connectivity index (χ2v) is 7.62. The van der Waals surface area contributed by atoms with Gasteiger partial charge in [-0.25, -0.2) is 0 Å². The molecule has 5 heteroatoms. The van der Waals surface area contributed by atoms with E-state index < -0.39 is 0 Å². The van der Waals surface area contributed by atoms with E-state index in [0.717, 1.165) is 47.2 Å². The third-order valence-electron chi connectivity index (χ3n) is 5.68. The average Bonchev–Trinajstić information content (AvgIpc) is 3.37. The van der Waals surface area contributed by atoms with Crippen LogP contribution in [0.25, 0.3) is 33.4 Å². The first-order valence-corrected chi connectivity index (χ1v) is 10.6. The molecule has 5 nitrogen and oxygen atoms in total. The largest absolute Gasteiger partial charge is 0.253 e. The van der Waals surface area contributed by atoms with Crippen molar-refractivity contribution in [3.63, 3.8) is 0 Å². The molecule has 0 atom stereocenters. The van der Waals surface area contributed by atoms with Crippen molar-refractivity contribution in [2.75, 3.05) is 0 Å². The Balaban J connectivity index is 1.39. The second kappa shape index (κ2) is 8.48. The number of H-pyrrole nitrogens is 1. The van der Waals surface area contributed by atoms with Gasteiger partial charge >= 0.3 is 0 Å². The van der Waals surface area contributed by atoms with E-state index >= 15 is 0 Å². The van der Waals surface area contributed by atoms with Crippen molar-refractivity contribution >= 4 is 10.9 Å². The summed E-state index contributed by atoms with van der Waals surface area (Å²) in [6, 6.07) is 27.6. The van der Waals surface area contributed by atoms with Crippen LogP contribution >= 0.6 is 0 Å². The van der Waals surface area contributed by atoms with Gasteiger partial charge in [0.25, 0.3) is 0 Å². The Morgan fingerprint density at radius 2 is 1.58 bits per heavy atom. The van der Waals surface area contributed by atoms with E-state index in [9.17, 15) is 0 Å². The molecule has 3 aromatic carbocycles. The molecule has 2 heterocycles. The van der Waals surface area contributed by atoms with E-state index in [1.165, 1.54) is 16.5 Å². The summed E-state index contributed by atoms with van der Waals surface area (Å²) < 4.78 is 0. The summed E-state index contributed by atoms with van der Waals surface area (Å²) in [5.41, 5.74) is 8.15. The molecule has 0 radical (unpaired) electrons. The molecule has 152 valence electrons. The van der Waals surface area contributed by atoms with Crippen molar-refractivity contribution < 1.29 is 0 Å². The number of aryl methyl sites for hydroxylation is 3. The fourth-order valence-electron chi connectivity index (χ4n) is 4.03. The van der Waals surface area contributed by atoms with Crippen molar-refractivity contribution in [1.29, 1.82) is 0 Å². The zero-order valence-corrected chi connectivity index (χ0v) is 17.4. The minimum Gasteiger partial charge on any atom is -0.253 e. The van der Waals surface area contributed by atoms with Gasteiger partial charge in [0.2, 0.25) is 5.82 Å². The van der Waals surface area contributed by atoms with E-state index in [1.54, 1.807) is 0 Å². The van der Waals surface area contributed by atoms with E-state index in [-0.39, 0.29) is 0 Å². The van der Waals surface area contributed by atoms with Gasteiger partial charge in [0.15, 0.2) is 0 Å². The van der Waals surface area contributed by atoms with Crippen molar-refractivity contribution in [3.8, 4) is 22.5 Å². The first-order chi connectivity index (χ1) is 15.3. The molecule has 0 amide bonds. The maximum Gasteiger partial charge on any atom is 0.205 e. The molecule has 0 aliphatic carbocycles. The number of aromatic amines is 1. The molecule has 0 bridgehead atoms. The molecule has 1 N–H and O–H groups in total. The normalized spacial score (nSPS) is 11.1. The lowest BCUT2D eigenvalue weighted by atomic mass is 9.96. The Bertz CT molecular complexity index is 1310. The predicted octanol–water partition coefficient (Wildman–Crippen LogP) is 5.43. The third kappa shape index (κ3) is 3.94. The molecular formula is C26H23N5. The fraction of sp³-hybridized carbons (Fsp3) is 0.154. The Morgan fingerprint density at radius 3 is 2.35 bits per heavy atom. The predicted molar refractivity (Wildman–Crippen MR) is 124 cm³/mol. The van der Waals surface area contributed by atoms with E-state index in [4.69, 9.17) is 4.98 Å². The van der Waals surface area contributed by atoms with Gasteiger partial charge in [-0.3, -0.25) is 4.98 Å². The third-order valence-corrected chi connectivity index (χ3v) is 5.68. The van der Waals surface area contributed by atoms with Gasteiger partial charge in [0.1, 0.15) is 0 Å². The van der Waals surface area contributed by atoms with Gasteiger partial charge in [-0.15, -0.1) is 10.2 Å². The van der Waals surface area contributed by atoms with Crippen molar-refractivity contribution in [1.82, 2.24) is 25.6 Å². The average molecular weight is 406 g/mol. The number of aromatic nitrogens is 5. The lowest BCUT2D eigenvalue weighted by Gasteiger charge is -2.10. The number of fused-ring (bicyclic) bond motifs is 1. The molecule has 0 spiro atoms. The standard InChI is InChI=1S/C26H23N5/c1-2-21-17-20(23-8-5-6-10-25(23)27-21)16-13-18-11-14-19(15-12-18)22-7-3-4-9-24(22)26-28-30-31-29-26/h3-12,14-15,17H,2,13,16H2,1H3,(H,28,29,30,31). The number of para-hydroxylation sites is 1. The molecule has 5 aromatic rings. The number of nitrogens with one attached hydrogen (secondary N) is 1. The van der Waals surface area contributed by atoms with Crippen LogP contribution in [0.4, 0.5) is 0 Å². The van der Waals surface area contributed by atoms with Crippen LogP contribution < -0.4 is 0 Å². The Hall–Kier alpha value is -3.86. The highest BCUT2D eigenvalue weighted by Gasteiger charge is 2.11.